The van der Waals surface area contributed by atoms with Gasteiger partial charge in [0.25, 0.3) is 0 Å². The van der Waals surface area contributed by atoms with Crippen LogP contribution in [0.4, 0.5) is 0 Å². The minimum atomic E-state index is -0.973. The van der Waals surface area contributed by atoms with Crippen LogP contribution in [0.25, 0.3) is 0 Å². The van der Waals surface area contributed by atoms with Gasteiger partial charge in [0.1, 0.15) is 6.07 Å². The summed E-state index contributed by atoms with van der Waals surface area (Å²) in [6, 6.07) is 1.95. The van der Waals surface area contributed by atoms with Crippen molar-refractivity contribution in [1.29, 1.82) is 5.26 Å². The molecule has 0 aliphatic carbocycles. The number of rotatable bonds is 3. The van der Waals surface area contributed by atoms with E-state index in [1.165, 1.54) is 10.9 Å². The van der Waals surface area contributed by atoms with Crippen molar-refractivity contribution in [3.63, 3.8) is 0 Å². The third-order valence-corrected chi connectivity index (χ3v) is 1.70. The minimum Gasteiger partial charge on any atom is -0.387 e. The van der Waals surface area contributed by atoms with Crippen LogP contribution in [-0.4, -0.2) is 27.0 Å². The van der Waals surface area contributed by atoms with Crippen LogP contribution in [0, 0.1) is 11.3 Å². The van der Waals surface area contributed by atoms with Crippen molar-refractivity contribution in [2.24, 2.45) is 5.73 Å². The monoisotopic (exact) mass is 180 g/mol. The predicted octanol–water partition coefficient (Wildman–Crippen LogP) is -0.536. The second-order valence-corrected chi connectivity index (χ2v) is 3.24. The first-order chi connectivity index (χ1) is 6.07. The predicted molar refractivity (Wildman–Crippen MR) is 46.6 cm³/mol. The van der Waals surface area contributed by atoms with Gasteiger partial charge >= 0.3 is 0 Å². The number of aromatic nitrogens is 2. The largest absolute Gasteiger partial charge is 0.387 e. The van der Waals surface area contributed by atoms with Gasteiger partial charge in [-0.05, 0) is 6.92 Å². The van der Waals surface area contributed by atoms with Gasteiger partial charge in [-0.3, -0.25) is 4.68 Å². The van der Waals surface area contributed by atoms with Gasteiger partial charge in [-0.1, -0.05) is 0 Å². The molecule has 70 valence electrons. The van der Waals surface area contributed by atoms with E-state index in [-0.39, 0.29) is 6.54 Å². The molecule has 0 aliphatic heterocycles. The lowest BCUT2D eigenvalue weighted by Crippen LogP contribution is -2.38. The van der Waals surface area contributed by atoms with Crippen LogP contribution in [0.1, 0.15) is 12.5 Å². The Hall–Kier alpha value is -1.38. The van der Waals surface area contributed by atoms with Gasteiger partial charge in [0.05, 0.1) is 23.9 Å². The summed E-state index contributed by atoms with van der Waals surface area (Å²) in [7, 11) is 0. The first-order valence-electron chi connectivity index (χ1n) is 3.92. The van der Waals surface area contributed by atoms with Crippen LogP contribution in [0.5, 0.6) is 0 Å². The van der Waals surface area contributed by atoms with E-state index < -0.39 is 5.60 Å². The molecule has 0 spiro atoms. The average molecular weight is 180 g/mol. The van der Waals surface area contributed by atoms with Crippen molar-refractivity contribution in [2.45, 2.75) is 19.1 Å². The van der Waals surface area contributed by atoms with E-state index in [9.17, 15) is 5.11 Å². The molecule has 1 heterocycles. The summed E-state index contributed by atoms with van der Waals surface area (Å²) in [4.78, 5) is 0. The highest BCUT2D eigenvalue weighted by molar-refractivity contribution is 5.21. The fourth-order valence-electron chi connectivity index (χ4n) is 0.921. The fraction of sp³-hybridized carbons (Fsp3) is 0.500. The van der Waals surface area contributed by atoms with E-state index >= 15 is 0 Å². The summed E-state index contributed by atoms with van der Waals surface area (Å²) < 4.78 is 1.51. The Morgan fingerprint density at radius 2 is 2.54 bits per heavy atom. The third kappa shape index (κ3) is 2.54. The number of hydrogen-bond acceptors (Lipinski definition) is 4. The Morgan fingerprint density at radius 1 is 1.85 bits per heavy atom. The maximum Gasteiger partial charge on any atom is 0.102 e. The molecule has 0 fully saturated rings. The fourth-order valence-corrected chi connectivity index (χ4v) is 0.921. The second-order valence-electron chi connectivity index (χ2n) is 3.24. The first-order valence-corrected chi connectivity index (χ1v) is 3.92. The van der Waals surface area contributed by atoms with Crippen LogP contribution in [0.15, 0.2) is 12.4 Å². The zero-order chi connectivity index (χ0) is 9.90. The van der Waals surface area contributed by atoms with Crippen LogP contribution in [0.3, 0.4) is 0 Å². The van der Waals surface area contributed by atoms with Crippen LogP contribution >= 0.6 is 0 Å². The van der Waals surface area contributed by atoms with Gasteiger partial charge < -0.3 is 10.8 Å². The number of nitriles is 1. The average Bonchev–Trinajstić information content (AvgIpc) is 2.52. The van der Waals surface area contributed by atoms with Gasteiger partial charge in [-0.15, -0.1) is 0 Å². The van der Waals surface area contributed by atoms with E-state index in [1.807, 2.05) is 6.07 Å². The molecule has 1 unspecified atom stereocenters. The van der Waals surface area contributed by atoms with E-state index in [1.54, 1.807) is 13.1 Å². The number of aliphatic hydroxyl groups is 1. The molecule has 0 bridgehead atoms. The van der Waals surface area contributed by atoms with Gasteiger partial charge in [0, 0.05) is 12.7 Å². The highest BCUT2D eigenvalue weighted by Gasteiger charge is 2.18. The zero-order valence-corrected chi connectivity index (χ0v) is 7.44. The van der Waals surface area contributed by atoms with Crippen molar-refractivity contribution in [1.82, 2.24) is 9.78 Å². The van der Waals surface area contributed by atoms with Crippen LogP contribution in [0.2, 0.25) is 0 Å². The van der Waals surface area contributed by atoms with Crippen LogP contribution in [-0.2, 0) is 6.54 Å². The number of hydrogen-bond donors (Lipinski definition) is 2. The lowest BCUT2D eigenvalue weighted by Gasteiger charge is -2.20. The molecule has 0 saturated carbocycles. The standard InChI is InChI=1S/C8H12N4O/c1-8(13,5-10)6-12-4-7(2-9)3-11-12/h3-4,13H,5-6,10H2,1H3. The van der Waals surface area contributed by atoms with Gasteiger partial charge in [-0.2, -0.15) is 10.4 Å². The molecule has 1 aromatic rings. The van der Waals surface area contributed by atoms with Crippen molar-refractivity contribution in [2.75, 3.05) is 6.54 Å². The first kappa shape index (κ1) is 9.71. The van der Waals surface area contributed by atoms with Crippen molar-refractivity contribution in [3.05, 3.63) is 18.0 Å². The third-order valence-electron chi connectivity index (χ3n) is 1.70. The molecule has 1 aromatic heterocycles. The Morgan fingerprint density at radius 3 is 3.00 bits per heavy atom. The zero-order valence-electron chi connectivity index (χ0n) is 7.44. The SMILES string of the molecule is CC(O)(CN)Cn1cc(C#N)cn1. The van der Waals surface area contributed by atoms with E-state index in [4.69, 9.17) is 11.0 Å². The van der Waals surface area contributed by atoms with Gasteiger partial charge in [-0.25, -0.2) is 0 Å². The number of nitrogens with zero attached hydrogens (tertiary/aromatic N) is 3. The van der Waals surface area contributed by atoms with Gasteiger partial charge in [0.2, 0.25) is 0 Å². The Labute approximate surface area is 76.4 Å². The molecule has 1 rings (SSSR count). The normalized spacial score (nSPS) is 14.9. The summed E-state index contributed by atoms with van der Waals surface area (Å²) in [6.07, 6.45) is 3.02. The smallest absolute Gasteiger partial charge is 0.102 e. The Bertz CT molecular complexity index is 323. The lowest BCUT2D eigenvalue weighted by atomic mass is 10.1. The molecular weight excluding hydrogens is 168 g/mol. The van der Waals surface area contributed by atoms with E-state index in [0.29, 0.717) is 12.1 Å². The summed E-state index contributed by atoms with van der Waals surface area (Å²) in [6.45, 7) is 2.08. The van der Waals surface area contributed by atoms with E-state index in [0.717, 1.165) is 0 Å². The topological polar surface area (TPSA) is 87.9 Å². The van der Waals surface area contributed by atoms with E-state index in [2.05, 4.69) is 5.10 Å². The van der Waals surface area contributed by atoms with Crippen molar-refractivity contribution in [3.8, 4) is 6.07 Å². The molecule has 0 aromatic carbocycles. The van der Waals surface area contributed by atoms with Crippen LogP contribution < -0.4 is 5.73 Å². The highest BCUT2D eigenvalue weighted by Crippen LogP contribution is 2.05. The summed E-state index contributed by atoms with van der Waals surface area (Å²) in [5, 5.41) is 22.0. The molecule has 5 heteroatoms. The molecule has 13 heavy (non-hydrogen) atoms. The molecule has 0 amide bonds. The summed E-state index contributed by atoms with van der Waals surface area (Å²) >= 11 is 0. The molecule has 0 radical (unpaired) electrons. The maximum atomic E-state index is 9.59. The molecule has 5 nitrogen and oxygen atoms in total. The molecule has 3 N–H and O–H groups in total. The Kier molecular flexibility index (Phi) is 2.66. The molecule has 1 atom stereocenters. The summed E-state index contributed by atoms with van der Waals surface area (Å²) in [5.74, 6) is 0. The Balaban J connectivity index is 2.70. The summed E-state index contributed by atoms with van der Waals surface area (Å²) in [5.41, 5.74) is 4.84. The minimum absolute atomic E-state index is 0.161. The van der Waals surface area contributed by atoms with Crippen molar-refractivity contribution >= 4 is 0 Å². The molecule has 0 aliphatic rings. The lowest BCUT2D eigenvalue weighted by molar-refractivity contribution is 0.0471. The second kappa shape index (κ2) is 3.56. The maximum absolute atomic E-state index is 9.59. The number of nitrogens with two attached hydrogens (primary N) is 1. The van der Waals surface area contributed by atoms with Gasteiger partial charge in [0.15, 0.2) is 0 Å². The van der Waals surface area contributed by atoms with Crippen molar-refractivity contribution < 1.29 is 5.11 Å². The quantitative estimate of drug-likeness (QED) is 0.654. The highest BCUT2D eigenvalue weighted by atomic mass is 16.3. The molecular formula is C8H12N4O. The molecule has 0 saturated heterocycles.